The quantitative estimate of drug-likeness (QED) is 0.703. The summed E-state index contributed by atoms with van der Waals surface area (Å²) in [5.41, 5.74) is 2.43. The molecule has 1 heterocycles. The average Bonchev–Trinajstić information content (AvgIpc) is 2.76. The molecule has 1 atom stereocenters. The van der Waals surface area contributed by atoms with Gasteiger partial charge in [0.25, 0.3) is 5.91 Å². The molecule has 0 radical (unpaired) electrons. The minimum Gasteiger partial charge on any atom is -0.495 e. The molecule has 2 aromatic rings. The van der Waals surface area contributed by atoms with Crippen molar-refractivity contribution in [1.29, 1.82) is 0 Å². The highest BCUT2D eigenvalue weighted by atomic mass is 16.5. The number of piperazine rings is 1. The lowest BCUT2D eigenvalue weighted by molar-refractivity contribution is -0.139. The van der Waals surface area contributed by atoms with Gasteiger partial charge in [-0.2, -0.15) is 0 Å². The Hall–Kier alpha value is -2.69. The Bertz CT molecular complexity index is 834. The summed E-state index contributed by atoms with van der Waals surface area (Å²) in [4.78, 5) is 17.3. The van der Waals surface area contributed by atoms with Crippen LogP contribution >= 0.6 is 0 Å². The Kier molecular flexibility index (Phi) is 6.91. The molecule has 0 aliphatic carbocycles. The van der Waals surface area contributed by atoms with Crippen molar-refractivity contribution in [2.24, 2.45) is 0 Å². The highest BCUT2D eigenvalue weighted by molar-refractivity contribution is 5.81. The minimum atomic E-state index is -0.455. The number of methoxy groups -OCH3 is 1. The Morgan fingerprint density at radius 2 is 1.63 bits per heavy atom. The van der Waals surface area contributed by atoms with Crippen LogP contribution in [-0.2, 0) is 10.2 Å². The Labute approximate surface area is 180 Å². The maximum absolute atomic E-state index is 13.1. The Balaban J connectivity index is 1.60. The fraction of sp³-hybridized carbons (Fsp3) is 0.480. The molecule has 0 bridgehead atoms. The second-order valence-electron chi connectivity index (χ2n) is 8.77. The first-order chi connectivity index (χ1) is 14.3. The lowest BCUT2D eigenvalue weighted by Gasteiger charge is -2.37. The summed E-state index contributed by atoms with van der Waals surface area (Å²) in [5, 5.41) is 0. The number of carbonyl (C=O) groups is 1. The number of para-hydroxylation sites is 2. The van der Waals surface area contributed by atoms with Crippen LogP contribution in [0, 0.1) is 0 Å². The molecule has 5 nitrogen and oxygen atoms in total. The van der Waals surface area contributed by atoms with Crippen LogP contribution in [0.5, 0.6) is 11.5 Å². The van der Waals surface area contributed by atoms with E-state index in [4.69, 9.17) is 9.47 Å². The normalized spacial score (nSPS) is 15.6. The molecular formula is C25H34N2O3. The third-order valence-electron chi connectivity index (χ3n) is 5.66. The molecule has 30 heavy (non-hydrogen) atoms. The molecule has 1 aliphatic heterocycles. The number of rotatable bonds is 6. The van der Waals surface area contributed by atoms with Crippen molar-refractivity contribution in [3.05, 3.63) is 54.1 Å². The molecule has 3 rings (SSSR count). The average molecular weight is 411 g/mol. The van der Waals surface area contributed by atoms with Gasteiger partial charge in [-0.1, -0.05) is 52.0 Å². The van der Waals surface area contributed by atoms with E-state index in [0.29, 0.717) is 19.5 Å². The van der Waals surface area contributed by atoms with E-state index < -0.39 is 6.10 Å². The monoisotopic (exact) mass is 410 g/mol. The van der Waals surface area contributed by atoms with Crippen molar-refractivity contribution in [3.8, 4) is 11.5 Å². The molecule has 0 N–H and O–H groups in total. The number of nitrogens with zero attached hydrogens (tertiary/aromatic N) is 2. The number of anilines is 1. The van der Waals surface area contributed by atoms with Crippen LogP contribution in [0.25, 0.3) is 0 Å². The van der Waals surface area contributed by atoms with E-state index in [2.05, 4.69) is 43.9 Å². The predicted molar refractivity (Wildman–Crippen MR) is 122 cm³/mol. The van der Waals surface area contributed by atoms with Gasteiger partial charge in [0.15, 0.2) is 6.10 Å². The number of hydrogen-bond acceptors (Lipinski definition) is 4. The molecule has 1 unspecified atom stereocenters. The number of hydrogen-bond donors (Lipinski definition) is 0. The summed E-state index contributed by atoms with van der Waals surface area (Å²) >= 11 is 0. The van der Waals surface area contributed by atoms with E-state index in [1.807, 2.05) is 42.2 Å². The molecule has 0 aromatic heterocycles. The van der Waals surface area contributed by atoms with Crippen LogP contribution in [0.2, 0.25) is 0 Å². The third kappa shape index (κ3) is 5.07. The van der Waals surface area contributed by atoms with E-state index in [9.17, 15) is 4.79 Å². The van der Waals surface area contributed by atoms with Crippen molar-refractivity contribution in [3.63, 3.8) is 0 Å². The lowest BCUT2D eigenvalue weighted by Crippen LogP contribution is -2.52. The number of ether oxygens (including phenoxy) is 2. The topological polar surface area (TPSA) is 42.0 Å². The number of benzene rings is 2. The van der Waals surface area contributed by atoms with Gasteiger partial charge >= 0.3 is 0 Å². The van der Waals surface area contributed by atoms with Crippen molar-refractivity contribution in [2.45, 2.75) is 45.6 Å². The maximum Gasteiger partial charge on any atom is 0.263 e. The predicted octanol–water partition coefficient (Wildman–Crippen LogP) is 4.50. The zero-order valence-electron chi connectivity index (χ0n) is 18.9. The highest BCUT2D eigenvalue weighted by Crippen LogP contribution is 2.29. The minimum absolute atomic E-state index is 0.0667. The largest absolute Gasteiger partial charge is 0.495 e. The second-order valence-corrected chi connectivity index (χ2v) is 8.77. The van der Waals surface area contributed by atoms with Gasteiger partial charge in [-0.3, -0.25) is 4.79 Å². The van der Waals surface area contributed by atoms with Crippen LogP contribution in [0.4, 0.5) is 5.69 Å². The molecule has 1 fully saturated rings. The first kappa shape index (κ1) is 22.0. The van der Waals surface area contributed by atoms with Crippen molar-refractivity contribution in [1.82, 2.24) is 4.90 Å². The van der Waals surface area contributed by atoms with E-state index in [0.717, 1.165) is 30.3 Å². The van der Waals surface area contributed by atoms with Gasteiger partial charge in [-0.15, -0.1) is 0 Å². The third-order valence-corrected chi connectivity index (χ3v) is 5.66. The summed E-state index contributed by atoms with van der Waals surface area (Å²) in [5.74, 6) is 1.68. The molecule has 0 saturated carbocycles. The Morgan fingerprint density at radius 1 is 1.00 bits per heavy atom. The molecule has 1 saturated heterocycles. The molecule has 162 valence electrons. The zero-order chi connectivity index (χ0) is 21.7. The van der Waals surface area contributed by atoms with Gasteiger partial charge in [-0.05, 0) is 41.7 Å². The van der Waals surface area contributed by atoms with E-state index in [1.54, 1.807) is 7.11 Å². The van der Waals surface area contributed by atoms with Crippen molar-refractivity contribution >= 4 is 11.6 Å². The van der Waals surface area contributed by atoms with Crippen LogP contribution < -0.4 is 14.4 Å². The molecule has 5 heteroatoms. The van der Waals surface area contributed by atoms with Crippen LogP contribution in [0.15, 0.2) is 48.5 Å². The van der Waals surface area contributed by atoms with Gasteiger partial charge in [0.2, 0.25) is 0 Å². The van der Waals surface area contributed by atoms with Gasteiger partial charge in [0.1, 0.15) is 11.5 Å². The summed E-state index contributed by atoms with van der Waals surface area (Å²) in [7, 11) is 1.69. The first-order valence-electron chi connectivity index (χ1n) is 10.8. The fourth-order valence-electron chi connectivity index (χ4n) is 3.77. The first-order valence-corrected chi connectivity index (χ1v) is 10.8. The maximum atomic E-state index is 13.1. The van der Waals surface area contributed by atoms with Gasteiger partial charge < -0.3 is 19.3 Å². The molecule has 1 aliphatic rings. The SMILES string of the molecule is CCC(Oc1ccc(C(C)(C)C)cc1)C(=O)N1CCN(c2ccccc2OC)CC1. The molecule has 2 aromatic carbocycles. The molecule has 1 amide bonds. The fourth-order valence-corrected chi connectivity index (χ4v) is 3.77. The second kappa shape index (κ2) is 9.41. The van der Waals surface area contributed by atoms with E-state index >= 15 is 0 Å². The number of amides is 1. The van der Waals surface area contributed by atoms with Crippen LogP contribution in [0.3, 0.4) is 0 Å². The highest BCUT2D eigenvalue weighted by Gasteiger charge is 2.28. The lowest BCUT2D eigenvalue weighted by atomic mass is 9.87. The van der Waals surface area contributed by atoms with Gasteiger partial charge in [0, 0.05) is 26.2 Å². The summed E-state index contributed by atoms with van der Waals surface area (Å²) in [6.45, 7) is 11.5. The molecular weight excluding hydrogens is 376 g/mol. The summed E-state index contributed by atoms with van der Waals surface area (Å²) in [6, 6.07) is 16.1. The van der Waals surface area contributed by atoms with Crippen molar-refractivity contribution < 1.29 is 14.3 Å². The van der Waals surface area contributed by atoms with Crippen LogP contribution in [0.1, 0.15) is 39.7 Å². The van der Waals surface area contributed by atoms with Crippen molar-refractivity contribution in [2.75, 3.05) is 38.2 Å². The number of carbonyl (C=O) groups excluding carboxylic acids is 1. The van der Waals surface area contributed by atoms with Gasteiger partial charge in [-0.25, -0.2) is 0 Å². The zero-order valence-corrected chi connectivity index (χ0v) is 18.9. The van der Waals surface area contributed by atoms with Crippen LogP contribution in [-0.4, -0.2) is 50.2 Å². The standard InChI is InChI=1S/C25H34N2O3/c1-6-22(30-20-13-11-19(12-14-20)25(2,3)4)24(28)27-17-15-26(16-18-27)21-9-7-8-10-23(21)29-5/h7-14,22H,6,15-18H2,1-5H3. The Morgan fingerprint density at radius 3 is 2.20 bits per heavy atom. The van der Waals surface area contributed by atoms with E-state index in [-0.39, 0.29) is 11.3 Å². The van der Waals surface area contributed by atoms with Gasteiger partial charge in [0.05, 0.1) is 12.8 Å². The smallest absolute Gasteiger partial charge is 0.263 e. The summed E-state index contributed by atoms with van der Waals surface area (Å²) < 4.78 is 11.6. The summed E-state index contributed by atoms with van der Waals surface area (Å²) in [6.07, 6.45) is 0.190. The molecule has 0 spiro atoms. The van der Waals surface area contributed by atoms with E-state index in [1.165, 1.54) is 5.56 Å².